The second-order valence-electron chi connectivity index (χ2n) is 2.12. The van der Waals surface area contributed by atoms with Crippen molar-refractivity contribution < 1.29 is 4.79 Å². The summed E-state index contributed by atoms with van der Waals surface area (Å²) in [6.07, 6.45) is 1.73. The SMILES string of the molecule is Nc1cccc(NC[C]=O)c1. The van der Waals surface area contributed by atoms with Gasteiger partial charge in [0, 0.05) is 11.4 Å². The minimum Gasteiger partial charge on any atom is -0.399 e. The summed E-state index contributed by atoms with van der Waals surface area (Å²) >= 11 is 0. The molecule has 3 heteroatoms. The van der Waals surface area contributed by atoms with Crippen LogP contribution in [0, 0.1) is 0 Å². The second kappa shape index (κ2) is 3.61. The van der Waals surface area contributed by atoms with Crippen LogP contribution in [0.1, 0.15) is 0 Å². The van der Waals surface area contributed by atoms with Crippen LogP contribution in [-0.2, 0) is 4.79 Å². The van der Waals surface area contributed by atoms with Crippen molar-refractivity contribution >= 4 is 17.7 Å². The molecular formula is C8H9N2O. The highest BCUT2D eigenvalue weighted by molar-refractivity contribution is 5.62. The fourth-order valence-electron chi connectivity index (χ4n) is 0.787. The van der Waals surface area contributed by atoms with E-state index in [2.05, 4.69) is 5.32 Å². The summed E-state index contributed by atoms with van der Waals surface area (Å²) < 4.78 is 0. The Kier molecular flexibility index (Phi) is 2.49. The van der Waals surface area contributed by atoms with Gasteiger partial charge in [-0.2, -0.15) is 0 Å². The van der Waals surface area contributed by atoms with Crippen molar-refractivity contribution in [2.45, 2.75) is 0 Å². The molecule has 0 spiro atoms. The molecule has 1 radical (unpaired) electrons. The van der Waals surface area contributed by atoms with Crippen molar-refractivity contribution in [3.05, 3.63) is 24.3 Å². The first kappa shape index (κ1) is 7.60. The van der Waals surface area contributed by atoms with Gasteiger partial charge in [0.05, 0.1) is 6.54 Å². The van der Waals surface area contributed by atoms with E-state index in [1.54, 1.807) is 18.4 Å². The highest BCUT2D eigenvalue weighted by Crippen LogP contribution is 2.10. The third-order valence-corrected chi connectivity index (χ3v) is 1.25. The molecule has 0 saturated heterocycles. The predicted molar refractivity (Wildman–Crippen MR) is 45.0 cm³/mol. The Morgan fingerprint density at radius 3 is 3.00 bits per heavy atom. The van der Waals surface area contributed by atoms with Gasteiger partial charge in [0.2, 0.25) is 6.29 Å². The molecule has 0 aliphatic carbocycles. The minimum atomic E-state index is 0.198. The molecular weight excluding hydrogens is 140 g/mol. The Labute approximate surface area is 65.2 Å². The zero-order valence-electron chi connectivity index (χ0n) is 6.00. The summed E-state index contributed by atoms with van der Waals surface area (Å²) in [5.74, 6) is 0. The Balaban J connectivity index is 2.63. The number of benzene rings is 1. The van der Waals surface area contributed by atoms with E-state index in [1.165, 1.54) is 0 Å². The molecule has 0 amide bonds. The van der Waals surface area contributed by atoms with Crippen molar-refractivity contribution in [3.63, 3.8) is 0 Å². The summed E-state index contributed by atoms with van der Waals surface area (Å²) in [7, 11) is 0. The maximum atomic E-state index is 9.84. The molecule has 1 aromatic rings. The topological polar surface area (TPSA) is 55.1 Å². The molecule has 0 heterocycles. The smallest absolute Gasteiger partial charge is 0.219 e. The fraction of sp³-hybridized carbons (Fsp3) is 0.125. The zero-order valence-corrected chi connectivity index (χ0v) is 6.00. The van der Waals surface area contributed by atoms with Crippen LogP contribution >= 0.6 is 0 Å². The summed E-state index contributed by atoms with van der Waals surface area (Å²) in [6, 6.07) is 7.21. The molecule has 3 nitrogen and oxygen atoms in total. The van der Waals surface area contributed by atoms with Crippen LogP contribution in [-0.4, -0.2) is 12.8 Å². The Morgan fingerprint density at radius 2 is 2.36 bits per heavy atom. The van der Waals surface area contributed by atoms with Gasteiger partial charge in [-0.3, -0.25) is 4.79 Å². The Hall–Kier alpha value is -1.51. The summed E-state index contributed by atoms with van der Waals surface area (Å²) in [5, 5.41) is 2.83. The van der Waals surface area contributed by atoms with Crippen LogP contribution in [0.15, 0.2) is 24.3 Å². The molecule has 1 aromatic carbocycles. The number of nitrogen functional groups attached to an aromatic ring is 1. The first-order valence-corrected chi connectivity index (χ1v) is 3.27. The quantitative estimate of drug-likeness (QED) is 0.625. The second-order valence-corrected chi connectivity index (χ2v) is 2.12. The van der Waals surface area contributed by atoms with Crippen molar-refractivity contribution in [2.24, 2.45) is 0 Å². The number of anilines is 2. The normalized spacial score (nSPS) is 9.09. The lowest BCUT2D eigenvalue weighted by Crippen LogP contribution is -2.01. The lowest BCUT2D eigenvalue weighted by molar-refractivity contribution is 0.557. The monoisotopic (exact) mass is 149 g/mol. The molecule has 3 N–H and O–H groups in total. The summed E-state index contributed by atoms with van der Waals surface area (Å²) in [5.41, 5.74) is 7.01. The first-order chi connectivity index (χ1) is 5.33. The van der Waals surface area contributed by atoms with E-state index in [0.29, 0.717) is 5.69 Å². The zero-order chi connectivity index (χ0) is 8.10. The van der Waals surface area contributed by atoms with Crippen molar-refractivity contribution in [3.8, 4) is 0 Å². The molecule has 0 unspecified atom stereocenters. The number of hydrogen-bond donors (Lipinski definition) is 2. The number of hydrogen-bond acceptors (Lipinski definition) is 3. The van der Waals surface area contributed by atoms with Gasteiger partial charge < -0.3 is 11.1 Å². The van der Waals surface area contributed by atoms with Crippen LogP contribution in [0.25, 0.3) is 0 Å². The molecule has 11 heavy (non-hydrogen) atoms. The molecule has 1 rings (SSSR count). The van der Waals surface area contributed by atoms with Crippen LogP contribution in [0.3, 0.4) is 0 Å². The molecule has 0 fully saturated rings. The lowest BCUT2D eigenvalue weighted by Gasteiger charge is -2.01. The van der Waals surface area contributed by atoms with Crippen LogP contribution < -0.4 is 11.1 Å². The molecule has 57 valence electrons. The molecule has 0 bridgehead atoms. The van der Waals surface area contributed by atoms with Gasteiger partial charge >= 0.3 is 0 Å². The summed E-state index contributed by atoms with van der Waals surface area (Å²) in [4.78, 5) is 9.84. The van der Waals surface area contributed by atoms with Gasteiger partial charge in [-0.05, 0) is 18.2 Å². The number of nitrogens with two attached hydrogens (primary N) is 1. The average molecular weight is 149 g/mol. The van der Waals surface area contributed by atoms with E-state index in [-0.39, 0.29) is 6.54 Å². The van der Waals surface area contributed by atoms with E-state index in [1.807, 2.05) is 12.1 Å². The van der Waals surface area contributed by atoms with Gasteiger partial charge in [-0.25, -0.2) is 0 Å². The van der Waals surface area contributed by atoms with Gasteiger partial charge in [-0.1, -0.05) is 6.07 Å². The van der Waals surface area contributed by atoms with Gasteiger partial charge in [0.15, 0.2) is 0 Å². The number of carbonyl (C=O) groups excluding carboxylic acids is 1. The van der Waals surface area contributed by atoms with E-state index >= 15 is 0 Å². The van der Waals surface area contributed by atoms with Crippen LogP contribution in [0.4, 0.5) is 11.4 Å². The molecule has 0 aromatic heterocycles. The van der Waals surface area contributed by atoms with E-state index in [0.717, 1.165) is 5.69 Å². The minimum absolute atomic E-state index is 0.198. The summed E-state index contributed by atoms with van der Waals surface area (Å²) in [6.45, 7) is 0.198. The maximum Gasteiger partial charge on any atom is 0.219 e. The maximum absolute atomic E-state index is 9.84. The third kappa shape index (κ3) is 2.29. The Morgan fingerprint density at radius 1 is 1.55 bits per heavy atom. The van der Waals surface area contributed by atoms with Gasteiger partial charge in [-0.15, -0.1) is 0 Å². The van der Waals surface area contributed by atoms with Gasteiger partial charge in [0.25, 0.3) is 0 Å². The Bertz CT molecular complexity index is 248. The number of nitrogens with one attached hydrogen (secondary N) is 1. The highest BCUT2D eigenvalue weighted by atomic mass is 16.1. The van der Waals surface area contributed by atoms with Crippen molar-refractivity contribution in [1.82, 2.24) is 0 Å². The lowest BCUT2D eigenvalue weighted by atomic mass is 10.3. The predicted octanol–water partition coefficient (Wildman–Crippen LogP) is 0.790. The standard InChI is InChI=1S/C8H9N2O/c9-7-2-1-3-8(6-7)10-4-5-11/h1-3,6,10H,4,9H2. The fourth-order valence-corrected chi connectivity index (χ4v) is 0.787. The molecule has 0 aliphatic rings. The van der Waals surface area contributed by atoms with E-state index < -0.39 is 0 Å². The average Bonchev–Trinajstić information content (AvgIpc) is 2.01. The van der Waals surface area contributed by atoms with Crippen molar-refractivity contribution in [2.75, 3.05) is 17.6 Å². The first-order valence-electron chi connectivity index (χ1n) is 3.27. The molecule has 0 aliphatic heterocycles. The number of rotatable bonds is 3. The third-order valence-electron chi connectivity index (χ3n) is 1.25. The molecule has 0 saturated carbocycles. The van der Waals surface area contributed by atoms with Crippen LogP contribution in [0.2, 0.25) is 0 Å². The van der Waals surface area contributed by atoms with Crippen molar-refractivity contribution in [1.29, 1.82) is 0 Å². The van der Waals surface area contributed by atoms with E-state index in [4.69, 9.17) is 5.73 Å². The van der Waals surface area contributed by atoms with E-state index in [9.17, 15) is 4.79 Å². The largest absolute Gasteiger partial charge is 0.399 e. The van der Waals surface area contributed by atoms with Gasteiger partial charge in [0.1, 0.15) is 0 Å². The molecule has 0 atom stereocenters. The highest BCUT2D eigenvalue weighted by Gasteiger charge is 1.89. The van der Waals surface area contributed by atoms with Crippen LogP contribution in [0.5, 0.6) is 0 Å².